The Balaban J connectivity index is 2.80. The molecule has 0 spiro atoms. The van der Waals surface area contributed by atoms with E-state index in [1.54, 1.807) is 0 Å². The molecule has 1 aromatic rings. The number of hydrogen-bond donors (Lipinski definition) is 4. The van der Waals surface area contributed by atoms with E-state index >= 15 is 0 Å². The third-order valence-electron chi connectivity index (χ3n) is 2.74. The summed E-state index contributed by atoms with van der Waals surface area (Å²) in [6, 6.07) is 1.20. The highest BCUT2D eigenvalue weighted by Gasteiger charge is 2.21. The smallest absolute Gasteiger partial charge is 0.332 e. The second kappa shape index (κ2) is 6.70. The summed E-state index contributed by atoms with van der Waals surface area (Å²) in [5.41, 5.74) is 0.170. The topological polar surface area (TPSA) is 138 Å². The summed E-state index contributed by atoms with van der Waals surface area (Å²) in [6.45, 7) is -0.236. The van der Waals surface area contributed by atoms with E-state index in [1.807, 2.05) is 0 Å². The number of hydrogen-bond acceptors (Lipinski definition) is 5. The Labute approximate surface area is 121 Å². The van der Waals surface area contributed by atoms with Gasteiger partial charge in [0.1, 0.15) is 10.6 Å². The lowest BCUT2D eigenvalue weighted by molar-refractivity contribution is -0.146. The number of aliphatic hydroxyl groups is 1. The van der Waals surface area contributed by atoms with Gasteiger partial charge in [0, 0.05) is 26.8 Å². The van der Waals surface area contributed by atoms with E-state index in [0.717, 1.165) is 0 Å². The van der Waals surface area contributed by atoms with Crippen LogP contribution in [0, 0.1) is 0 Å². The van der Waals surface area contributed by atoms with Crippen molar-refractivity contribution in [2.24, 2.45) is 7.05 Å². The number of aliphatic carboxylic acids is 1. The van der Waals surface area contributed by atoms with Gasteiger partial charge in [0.2, 0.25) is 10.0 Å². The van der Waals surface area contributed by atoms with E-state index in [1.165, 1.54) is 30.9 Å². The highest BCUT2D eigenvalue weighted by Crippen LogP contribution is 2.13. The molecule has 9 nitrogen and oxygen atoms in total. The van der Waals surface area contributed by atoms with Gasteiger partial charge in [0.15, 0.2) is 6.10 Å². The largest absolute Gasteiger partial charge is 0.479 e. The second-order valence-corrected chi connectivity index (χ2v) is 6.06. The first-order chi connectivity index (χ1) is 9.69. The monoisotopic (exact) mass is 319 g/mol. The molecule has 0 aliphatic rings. The van der Waals surface area contributed by atoms with Crippen molar-refractivity contribution in [3.8, 4) is 0 Å². The van der Waals surface area contributed by atoms with Crippen LogP contribution >= 0.6 is 0 Å². The lowest BCUT2D eigenvalue weighted by Gasteiger charge is -2.07. The van der Waals surface area contributed by atoms with Crippen molar-refractivity contribution in [1.82, 2.24) is 14.6 Å². The van der Waals surface area contributed by atoms with Crippen LogP contribution in [0.5, 0.6) is 0 Å². The molecule has 0 aromatic carbocycles. The average molecular weight is 319 g/mol. The number of amides is 1. The van der Waals surface area contributed by atoms with E-state index in [4.69, 9.17) is 10.2 Å². The second-order valence-electron chi connectivity index (χ2n) is 4.29. The van der Waals surface area contributed by atoms with Crippen LogP contribution in [0.3, 0.4) is 0 Å². The number of carboxylic acid groups (broad SMARTS) is 1. The summed E-state index contributed by atoms with van der Waals surface area (Å²) < 4.78 is 27.5. The Morgan fingerprint density at radius 3 is 2.57 bits per heavy atom. The van der Waals surface area contributed by atoms with Crippen molar-refractivity contribution in [3.63, 3.8) is 0 Å². The molecule has 10 heteroatoms. The molecule has 0 radical (unpaired) electrons. The van der Waals surface area contributed by atoms with E-state index in [2.05, 4.69) is 10.0 Å². The number of carbonyl (C=O) groups is 2. The first kappa shape index (κ1) is 17.1. The minimum atomic E-state index is -3.88. The first-order valence-electron chi connectivity index (χ1n) is 5.98. The first-order valence-corrected chi connectivity index (χ1v) is 7.46. The molecule has 0 aliphatic heterocycles. The third-order valence-corrected chi connectivity index (χ3v) is 4.17. The maximum Gasteiger partial charge on any atom is 0.332 e. The normalized spacial score (nSPS) is 12.9. The Hall–Kier alpha value is -1.91. The molecule has 21 heavy (non-hydrogen) atoms. The van der Waals surface area contributed by atoms with Crippen LogP contribution in [0.2, 0.25) is 0 Å². The Morgan fingerprint density at radius 1 is 1.43 bits per heavy atom. The summed E-state index contributed by atoms with van der Waals surface area (Å²) in [7, 11) is -0.929. The zero-order chi connectivity index (χ0) is 16.2. The molecule has 0 bridgehead atoms. The molecule has 1 atom stereocenters. The van der Waals surface area contributed by atoms with Gasteiger partial charge in [-0.1, -0.05) is 0 Å². The predicted octanol–water partition coefficient (Wildman–Crippen LogP) is -1.50. The minimum absolute atomic E-state index is 0.117. The zero-order valence-corrected chi connectivity index (χ0v) is 12.3. The van der Waals surface area contributed by atoms with Crippen LogP contribution in [0.25, 0.3) is 0 Å². The SMILES string of the molecule is CNC(=O)c1cc(S(=O)(=O)NCCC(O)C(=O)O)cn1C. The van der Waals surface area contributed by atoms with Gasteiger partial charge in [0.05, 0.1) is 0 Å². The van der Waals surface area contributed by atoms with Crippen LogP contribution in [0.4, 0.5) is 0 Å². The predicted molar refractivity (Wildman–Crippen MR) is 72.3 cm³/mol. The van der Waals surface area contributed by atoms with Gasteiger partial charge >= 0.3 is 5.97 Å². The summed E-state index contributed by atoms with van der Waals surface area (Å²) >= 11 is 0. The Morgan fingerprint density at radius 2 is 2.05 bits per heavy atom. The maximum absolute atomic E-state index is 12.0. The van der Waals surface area contributed by atoms with Crippen molar-refractivity contribution in [3.05, 3.63) is 18.0 Å². The maximum atomic E-state index is 12.0. The Kier molecular flexibility index (Phi) is 5.47. The zero-order valence-electron chi connectivity index (χ0n) is 11.5. The van der Waals surface area contributed by atoms with Gasteiger partial charge in [-0.2, -0.15) is 0 Å². The van der Waals surface area contributed by atoms with Gasteiger partial charge in [-0.25, -0.2) is 17.9 Å². The van der Waals surface area contributed by atoms with Crippen molar-refractivity contribution < 1.29 is 28.2 Å². The van der Waals surface area contributed by atoms with Crippen molar-refractivity contribution >= 4 is 21.9 Å². The molecule has 0 saturated heterocycles. The van der Waals surface area contributed by atoms with E-state index in [0.29, 0.717) is 0 Å². The summed E-state index contributed by atoms with van der Waals surface area (Å²) in [5, 5.41) is 19.9. The van der Waals surface area contributed by atoms with Crippen molar-refractivity contribution in [2.75, 3.05) is 13.6 Å². The molecule has 4 N–H and O–H groups in total. The van der Waals surface area contributed by atoms with Crippen molar-refractivity contribution in [2.45, 2.75) is 17.4 Å². The van der Waals surface area contributed by atoms with Gasteiger partial charge < -0.3 is 20.1 Å². The highest BCUT2D eigenvalue weighted by atomic mass is 32.2. The Bertz CT molecular complexity index is 636. The fourth-order valence-electron chi connectivity index (χ4n) is 1.57. The average Bonchev–Trinajstić information content (AvgIpc) is 2.80. The quantitative estimate of drug-likeness (QED) is 0.482. The number of sulfonamides is 1. The summed E-state index contributed by atoms with van der Waals surface area (Å²) in [5.74, 6) is -1.85. The van der Waals surface area contributed by atoms with Crippen LogP contribution < -0.4 is 10.0 Å². The molecular formula is C11H17N3O6S. The number of rotatable bonds is 7. The number of nitrogens with zero attached hydrogens (tertiary/aromatic N) is 1. The molecule has 1 amide bonds. The number of nitrogens with one attached hydrogen (secondary N) is 2. The number of aliphatic hydroxyl groups excluding tert-OH is 1. The molecule has 1 rings (SSSR count). The molecule has 0 aliphatic carbocycles. The number of aromatic nitrogens is 1. The van der Waals surface area contributed by atoms with Gasteiger partial charge in [-0.05, 0) is 12.5 Å². The number of aryl methyl sites for hydroxylation is 1. The summed E-state index contributed by atoms with van der Waals surface area (Å²) in [4.78, 5) is 21.8. The van der Waals surface area contributed by atoms with Crippen LogP contribution in [0.15, 0.2) is 17.2 Å². The van der Waals surface area contributed by atoms with E-state index < -0.39 is 28.0 Å². The molecule has 1 unspecified atom stereocenters. The minimum Gasteiger partial charge on any atom is -0.479 e. The molecule has 1 aromatic heterocycles. The fourth-order valence-corrected chi connectivity index (χ4v) is 2.69. The van der Waals surface area contributed by atoms with Crippen molar-refractivity contribution in [1.29, 1.82) is 0 Å². The molecule has 0 fully saturated rings. The summed E-state index contributed by atoms with van der Waals surface area (Å²) in [6.07, 6.45) is -0.630. The molecule has 1 heterocycles. The van der Waals surface area contributed by atoms with Gasteiger partial charge in [-0.15, -0.1) is 0 Å². The molecule has 118 valence electrons. The lowest BCUT2D eigenvalue weighted by atomic mass is 10.3. The van der Waals surface area contributed by atoms with Crippen LogP contribution in [-0.4, -0.2) is 54.8 Å². The fraction of sp³-hybridized carbons (Fsp3) is 0.455. The standard InChI is InChI=1S/C11H17N3O6S/c1-12-10(16)8-5-7(6-14(8)2)21(19,20)13-4-3-9(15)11(17)18/h5-6,9,13,15H,3-4H2,1-2H3,(H,12,16)(H,17,18). The molecular weight excluding hydrogens is 302 g/mol. The molecule has 0 saturated carbocycles. The highest BCUT2D eigenvalue weighted by molar-refractivity contribution is 7.89. The third kappa shape index (κ3) is 4.28. The number of carboxylic acids is 1. The van der Waals surface area contributed by atoms with E-state index in [-0.39, 0.29) is 23.6 Å². The lowest BCUT2D eigenvalue weighted by Crippen LogP contribution is -2.30. The number of carbonyl (C=O) groups excluding carboxylic acids is 1. The van der Waals surface area contributed by atoms with Crippen LogP contribution in [0.1, 0.15) is 16.9 Å². The van der Waals surface area contributed by atoms with Gasteiger partial charge in [0.25, 0.3) is 5.91 Å². The van der Waals surface area contributed by atoms with E-state index in [9.17, 15) is 18.0 Å². The van der Waals surface area contributed by atoms with Gasteiger partial charge in [-0.3, -0.25) is 4.79 Å². The van der Waals surface area contributed by atoms with Crippen LogP contribution in [-0.2, 0) is 21.9 Å².